The van der Waals surface area contributed by atoms with Crippen LogP contribution in [0.2, 0.25) is 0 Å². The van der Waals surface area contributed by atoms with Gasteiger partial charge in [0.25, 0.3) is 5.91 Å². The Morgan fingerprint density at radius 1 is 1.00 bits per heavy atom. The van der Waals surface area contributed by atoms with Crippen LogP contribution in [0.4, 0.5) is 0 Å². The number of hydrogen-bond acceptors (Lipinski definition) is 5. The molecular weight excluding hydrogens is 346 g/mol. The highest BCUT2D eigenvalue weighted by molar-refractivity contribution is 5.92. The summed E-state index contributed by atoms with van der Waals surface area (Å²) in [7, 11) is 1.26. The van der Waals surface area contributed by atoms with Crippen LogP contribution in [0.1, 0.15) is 27.0 Å². The first-order valence-corrected chi connectivity index (χ1v) is 8.56. The predicted octanol–water partition coefficient (Wildman–Crippen LogP) is 2.36. The molecule has 0 fully saturated rings. The van der Waals surface area contributed by atoms with E-state index in [0.717, 1.165) is 16.7 Å². The summed E-state index contributed by atoms with van der Waals surface area (Å²) >= 11 is 0. The summed E-state index contributed by atoms with van der Waals surface area (Å²) in [5, 5.41) is 2.55. The van der Waals surface area contributed by atoms with Gasteiger partial charge in [0, 0.05) is 6.42 Å². The van der Waals surface area contributed by atoms with Gasteiger partial charge in [0.1, 0.15) is 6.04 Å². The highest BCUT2D eigenvalue weighted by Gasteiger charge is 2.22. The molecule has 0 bridgehead atoms. The van der Waals surface area contributed by atoms with Gasteiger partial charge < -0.3 is 14.8 Å². The van der Waals surface area contributed by atoms with E-state index in [-0.39, 0.29) is 6.42 Å². The number of carbonyl (C=O) groups is 3. The first kappa shape index (κ1) is 20.2. The second-order valence-electron chi connectivity index (χ2n) is 6.21. The van der Waals surface area contributed by atoms with Crippen LogP contribution in [-0.2, 0) is 25.5 Å². The number of esters is 2. The second-order valence-corrected chi connectivity index (χ2v) is 6.21. The fourth-order valence-corrected chi connectivity index (χ4v) is 2.50. The van der Waals surface area contributed by atoms with Crippen LogP contribution in [0.25, 0.3) is 0 Å². The molecule has 142 valence electrons. The summed E-state index contributed by atoms with van der Waals surface area (Å²) in [5.41, 5.74) is 3.27. The maximum Gasteiger partial charge on any atom is 0.338 e. The zero-order chi connectivity index (χ0) is 19.8. The highest BCUT2D eigenvalue weighted by Crippen LogP contribution is 2.11. The van der Waals surface area contributed by atoms with E-state index in [4.69, 9.17) is 9.47 Å². The molecule has 2 aromatic rings. The standard InChI is InChI=1S/C21H23NO5/c1-14-9-10-17(11-15(14)2)20(24)27-13-19(23)22-18(21(25)26-3)12-16-7-5-4-6-8-16/h4-11,18H,12-13H2,1-3H3,(H,22,23)/t18-/m0/s1. The van der Waals surface area contributed by atoms with Crippen LogP contribution in [0.5, 0.6) is 0 Å². The first-order chi connectivity index (χ1) is 12.9. The molecule has 0 heterocycles. The van der Waals surface area contributed by atoms with Crippen molar-refractivity contribution in [3.8, 4) is 0 Å². The van der Waals surface area contributed by atoms with Crippen molar-refractivity contribution in [2.75, 3.05) is 13.7 Å². The average molecular weight is 369 g/mol. The third-order valence-electron chi connectivity index (χ3n) is 4.18. The first-order valence-electron chi connectivity index (χ1n) is 8.56. The van der Waals surface area contributed by atoms with E-state index < -0.39 is 30.5 Å². The summed E-state index contributed by atoms with van der Waals surface area (Å²) < 4.78 is 9.79. The molecule has 6 heteroatoms. The minimum Gasteiger partial charge on any atom is -0.467 e. The number of aryl methyl sites for hydroxylation is 2. The molecule has 0 aromatic heterocycles. The largest absolute Gasteiger partial charge is 0.467 e. The molecule has 0 aliphatic heterocycles. The maximum absolute atomic E-state index is 12.1. The van der Waals surface area contributed by atoms with Gasteiger partial charge in [0.2, 0.25) is 0 Å². The Morgan fingerprint density at radius 2 is 1.70 bits per heavy atom. The Hall–Kier alpha value is -3.15. The highest BCUT2D eigenvalue weighted by atomic mass is 16.5. The van der Waals surface area contributed by atoms with Crippen LogP contribution in [-0.4, -0.2) is 37.6 Å². The smallest absolute Gasteiger partial charge is 0.338 e. The Balaban J connectivity index is 1.93. The zero-order valence-electron chi connectivity index (χ0n) is 15.7. The molecule has 0 saturated carbocycles. The quantitative estimate of drug-likeness (QED) is 0.758. The van der Waals surface area contributed by atoms with Gasteiger partial charge in [0.05, 0.1) is 12.7 Å². The lowest BCUT2D eigenvalue weighted by Crippen LogP contribution is -2.44. The van der Waals surface area contributed by atoms with E-state index in [1.807, 2.05) is 50.2 Å². The van der Waals surface area contributed by atoms with Gasteiger partial charge in [-0.2, -0.15) is 0 Å². The number of nitrogens with one attached hydrogen (secondary N) is 1. The summed E-state index contributed by atoms with van der Waals surface area (Å²) in [4.78, 5) is 36.1. The van der Waals surface area contributed by atoms with Crippen LogP contribution >= 0.6 is 0 Å². The number of ether oxygens (including phenoxy) is 2. The average Bonchev–Trinajstić information content (AvgIpc) is 2.67. The lowest BCUT2D eigenvalue weighted by atomic mass is 10.1. The van der Waals surface area contributed by atoms with Crippen molar-refractivity contribution in [3.63, 3.8) is 0 Å². The van der Waals surface area contributed by atoms with Gasteiger partial charge in [-0.1, -0.05) is 36.4 Å². The molecule has 27 heavy (non-hydrogen) atoms. The number of rotatable bonds is 7. The van der Waals surface area contributed by atoms with E-state index in [2.05, 4.69) is 5.32 Å². The van der Waals surface area contributed by atoms with Crippen molar-refractivity contribution in [3.05, 3.63) is 70.8 Å². The molecule has 2 rings (SSSR count). The van der Waals surface area contributed by atoms with Crippen molar-refractivity contribution in [2.45, 2.75) is 26.3 Å². The van der Waals surface area contributed by atoms with Gasteiger partial charge in [-0.25, -0.2) is 9.59 Å². The summed E-state index contributed by atoms with van der Waals surface area (Å²) in [6.45, 7) is 3.36. The van der Waals surface area contributed by atoms with Gasteiger partial charge >= 0.3 is 11.9 Å². The van der Waals surface area contributed by atoms with Crippen molar-refractivity contribution in [2.24, 2.45) is 0 Å². The second kappa shape index (κ2) is 9.52. The van der Waals surface area contributed by atoms with Crippen molar-refractivity contribution in [1.82, 2.24) is 5.32 Å². The zero-order valence-corrected chi connectivity index (χ0v) is 15.7. The third-order valence-corrected chi connectivity index (χ3v) is 4.18. The van der Waals surface area contributed by atoms with Gasteiger partial charge in [0.15, 0.2) is 6.61 Å². The Kier molecular flexibility index (Phi) is 7.11. The minimum atomic E-state index is -0.856. The summed E-state index contributed by atoms with van der Waals surface area (Å²) in [5.74, 6) is -1.72. The van der Waals surface area contributed by atoms with E-state index in [9.17, 15) is 14.4 Å². The van der Waals surface area contributed by atoms with Crippen molar-refractivity contribution >= 4 is 17.8 Å². The van der Waals surface area contributed by atoms with Crippen molar-refractivity contribution < 1.29 is 23.9 Å². The topological polar surface area (TPSA) is 81.7 Å². The van der Waals surface area contributed by atoms with Gasteiger partial charge in [-0.05, 0) is 42.7 Å². The summed E-state index contributed by atoms with van der Waals surface area (Å²) in [6.07, 6.45) is 0.282. The van der Waals surface area contributed by atoms with Crippen molar-refractivity contribution in [1.29, 1.82) is 0 Å². The number of carbonyl (C=O) groups excluding carboxylic acids is 3. The molecule has 1 N–H and O–H groups in total. The molecule has 1 atom stereocenters. The monoisotopic (exact) mass is 369 g/mol. The van der Waals surface area contributed by atoms with Gasteiger partial charge in [-0.3, -0.25) is 4.79 Å². The Bertz CT molecular complexity index is 817. The normalized spacial score (nSPS) is 11.4. The number of amides is 1. The van der Waals surface area contributed by atoms with E-state index in [1.165, 1.54) is 7.11 Å². The molecule has 0 aliphatic carbocycles. The predicted molar refractivity (Wildman–Crippen MR) is 100 cm³/mol. The van der Waals surface area contributed by atoms with Crippen LogP contribution in [0.3, 0.4) is 0 Å². The van der Waals surface area contributed by atoms with E-state index in [1.54, 1.807) is 12.1 Å². The molecule has 1 amide bonds. The molecule has 0 aliphatic rings. The molecule has 0 radical (unpaired) electrons. The molecule has 0 spiro atoms. The molecular formula is C21H23NO5. The Morgan fingerprint density at radius 3 is 2.33 bits per heavy atom. The molecule has 2 aromatic carbocycles. The SMILES string of the molecule is COC(=O)[C@H](Cc1ccccc1)NC(=O)COC(=O)c1ccc(C)c(C)c1. The minimum absolute atomic E-state index is 0.282. The van der Waals surface area contributed by atoms with Crippen LogP contribution in [0, 0.1) is 13.8 Å². The third kappa shape index (κ3) is 5.95. The Labute approximate surface area is 158 Å². The number of benzene rings is 2. The molecule has 0 saturated heterocycles. The summed E-state index contributed by atoms with van der Waals surface area (Å²) in [6, 6.07) is 13.6. The van der Waals surface area contributed by atoms with E-state index in [0.29, 0.717) is 5.56 Å². The van der Waals surface area contributed by atoms with Crippen LogP contribution < -0.4 is 5.32 Å². The number of hydrogen-bond donors (Lipinski definition) is 1. The number of methoxy groups -OCH3 is 1. The van der Waals surface area contributed by atoms with Crippen LogP contribution in [0.15, 0.2) is 48.5 Å². The molecule has 6 nitrogen and oxygen atoms in total. The fraction of sp³-hybridized carbons (Fsp3) is 0.286. The van der Waals surface area contributed by atoms with E-state index >= 15 is 0 Å². The molecule has 0 unspecified atom stereocenters. The lowest BCUT2D eigenvalue weighted by Gasteiger charge is -2.16. The van der Waals surface area contributed by atoms with Gasteiger partial charge in [-0.15, -0.1) is 0 Å². The maximum atomic E-state index is 12.1. The fourth-order valence-electron chi connectivity index (χ4n) is 2.50. The lowest BCUT2D eigenvalue weighted by molar-refractivity contribution is -0.145.